The molecule has 1 unspecified atom stereocenters. The van der Waals surface area contributed by atoms with Crippen molar-refractivity contribution in [2.45, 2.75) is 32.6 Å². The predicted molar refractivity (Wildman–Crippen MR) is 92.5 cm³/mol. The van der Waals surface area contributed by atoms with Gasteiger partial charge in [0.1, 0.15) is 27.1 Å². The van der Waals surface area contributed by atoms with Crippen molar-refractivity contribution in [3.63, 3.8) is 0 Å². The summed E-state index contributed by atoms with van der Waals surface area (Å²) in [5, 5.41) is 20.3. The van der Waals surface area contributed by atoms with Crippen LogP contribution in [0.3, 0.4) is 0 Å². The smallest absolute Gasteiger partial charge is 0.156 e. The molecule has 1 fully saturated rings. The molecule has 0 aliphatic carbocycles. The van der Waals surface area contributed by atoms with Gasteiger partial charge in [0.25, 0.3) is 0 Å². The van der Waals surface area contributed by atoms with Crippen molar-refractivity contribution in [1.29, 1.82) is 0 Å². The Kier molecular flexibility index (Phi) is 4.61. The average molecular weight is 383 g/mol. The Morgan fingerprint density at radius 2 is 2.27 bits per heavy atom. The van der Waals surface area contributed by atoms with E-state index in [0.717, 1.165) is 0 Å². The molecule has 0 radical (unpaired) electrons. The Balaban J connectivity index is 1.78. The molecule has 1 atom stereocenters. The summed E-state index contributed by atoms with van der Waals surface area (Å²) in [4.78, 5) is 0. The minimum absolute atomic E-state index is 0.148. The molecule has 0 amide bonds. The zero-order valence-electron chi connectivity index (χ0n) is 16.1. The third kappa shape index (κ3) is 4.27. The zero-order valence-corrected chi connectivity index (χ0v) is 15.0. The van der Waals surface area contributed by atoms with Crippen LogP contribution in [0, 0.1) is 18.7 Å². The third-order valence-electron chi connectivity index (χ3n) is 4.41. The number of oxime groups is 1. The van der Waals surface area contributed by atoms with Crippen LogP contribution in [0.4, 0.5) is 4.39 Å². The number of aryl methyl sites for hydroxylation is 1. The van der Waals surface area contributed by atoms with Gasteiger partial charge in [0.2, 0.25) is 0 Å². The van der Waals surface area contributed by atoms with E-state index in [-0.39, 0.29) is 48.2 Å². The van der Waals surface area contributed by atoms with Gasteiger partial charge in [-0.3, -0.25) is 0 Å². The summed E-state index contributed by atoms with van der Waals surface area (Å²) < 4.78 is 57.4. The molecular weight excluding hydrogens is 361 g/mol. The van der Waals surface area contributed by atoms with Gasteiger partial charge in [0.05, 0.1) is 11.5 Å². The first-order valence-electron chi connectivity index (χ1n) is 9.13. The monoisotopic (exact) mass is 383 g/mol. The maximum Gasteiger partial charge on any atom is 0.156 e. The van der Waals surface area contributed by atoms with Gasteiger partial charge in [-0.2, -0.15) is 0 Å². The second kappa shape index (κ2) is 7.53. The van der Waals surface area contributed by atoms with Gasteiger partial charge in [-0.05, 0) is 54.5 Å². The largest absolute Gasteiger partial charge is 0.411 e. The molecular formula is C17H20FN3O4S. The normalized spacial score (nSPS) is 23.3. The first kappa shape index (κ1) is 15.9. The lowest BCUT2D eigenvalue weighted by Gasteiger charge is -2.20. The SMILES string of the molecule is [2H]C1([2H])CC(Cc2nonc2C(Cc2ccc(F)c(C)c2)=NO)CCS1(=O)=O. The van der Waals surface area contributed by atoms with Gasteiger partial charge < -0.3 is 5.21 Å². The number of hydrogen-bond acceptors (Lipinski definition) is 7. The Bertz CT molecular complexity index is 1010. The second-order valence-electron chi connectivity index (χ2n) is 6.39. The molecule has 1 N–H and O–H groups in total. The van der Waals surface area contributed by atoms with Crippen molar-refractivity contribution in [2.24, 2.45) is 11.1 Å². The van der Waals surface area contributed by atoms with E-state index < -0.39 is 15.5 Å². The highest BCUT2D eigenvalue weighted by Gasteiger charge is 2.27. The van der Waals surface area contributed by atoms with Gasteiger partial charge in [-0.1, -0.05) is 22.4 Å². The summed E-state index contributed by atoms with van der Waals surface area (Å²) in [6.07, 6.45) is 0.565. The Morgan fingerprint density at radius 1 is 1.46 bits per heavy atom. The van der Waals surface area contributed by atoms with Crippen molar-refractivity contribution in [3.05, 3.63) is 46.5 Å². The quantitative estimate of drug-likeness (QED) is 0.482. The standard InChI is InChI=1S/C17H20FN3O4S/c1-11-8-13(2-3-14(11)18)10-15(19-22)17-16(20-25-21-17)9-12-4-6-26(23,24)7-5-12/h2-3,8,12,22H,4-7,9-10H2,1H3/i6D2. The summed E-state index contributed by atoms with van der Waals surface area (Å²) in [5.74, 6) is -0.838. The van der Waals surface area contributed by atoms with Gasteiger partial charge in [0.15, 0.2) is 5.69 Å². The van der Waals surface area contributed by atoms with Crippen LogP contribution in [0.2, 0.25) is 0 Å². The molecule has 140 valence electrons. The molecule has 0 spiro atoms. The molecule has 2 heterocycles. The van der Waals surface area contributed by atoms with Crippen LogP contribution in [0.1, 0.15) is 38.1 Å². The lowest BCUT2D eigenvalue weighted by molar-refractivity contribution is 0.298. The van der Waals surface area contributed by atoms with E-state index in [2.05, 4.69) is 15.5 Å². The first-order chi connectivity index (χ1) is 13.1. The van der Waals surface area contributed by atoms with E-state index in [1.165, 1.54) is 6.07 Å². The highest BCUT2D eigenvalue weighted by Crippen LogP contribution is 2.24. The van der Waals surface area contributed by atoms with Gasteiger partial charge >= 0.3 is 0 Å². The fraction of sp³-hybridized carbons (Fsp3) is 0.471. The number of hydrogen-bond donors (Lipinski definition) is 1. The van der Waals surface area contributed by atoms with Crippen molar-refractivity contribution in [1.82, 2.24) is 10.3 Å². The Morgan fingerprint density at radius 3 is 2.96 bits per heavy atom. The Hall–Kier alpha value is -2.29. The van der Waals surface area contributed by atoms with E-state index in [0.29, 0.717) is 23.2 Å². The van der Waals surface area contributed by atoms with Crippen LogP contribution in [0.15, 0.2) is 28.0 Å². The van der Waals surface area contributed by atoms with Crippen molar-refractivity contribution >= 4 is 15.5 Å². The second-order valence-corrected chi connectivity index (χ2v) is 8.32. The van der Waals surface area contributed by atoms with E-state index in [1.54, 1.807) is 19.1 Å². The van der Waals surface area contributed by atoms with E-state index in [1.807, 2.05) is 0 Å². The minimum atomic E-state index is -3.77. The number of benzene rings is 1. The minimum Gasteiger partial charge on any atom is -0.411 e. The van der Waals surface area contributed by atoms with Crippen LogP contribution in [-0.4, -0.2) is 41.1 Å². The van der Waals surface area contributed by atoms with Gasteiger partial charge in [-0.25, -0.2) is 17.4 Å². The molecule has 3 rings (SSSR count). The average Bonchev–Trinajstić information content (AvgIpc) is 3.07. The van der Waals surface area contributed by atoms with Crippen molar-refractivity contribution in [3.8, 4) is 0 Å². The molecule has 1 aromatic heterocycles. The fourth-order valence-corrected chi connectivity index (χ4v) is 4.20. The number of halogens is 1. The molecule has 1 saturated heterocycles. The molecule has 1 aromatic carbocycles. The third-order valence-corrected chi connectivity index (χ3v) is 5.79. The topological polar surface area (TPSA) is 106 Å². The lowest BCUT2D eigenvalue weighted by atomic mass is 9.94. The van der Waals surface area contributed by atoms with Crippen LogP contribution >= 0.6 is 0 Å². The summed E-state index contributed by atoms with van der Waals surface area (Å²) >= 11 is 0. The number of aromatic nitrogens is 2. The van der Waals surface area contributed by atoms with Crippen LogP contribution < -0.4 is 0 Å². The summed E-state index contributed by atoms with van der Waals surface area (Å²) in [6.45, 7) is 1.63. The highest BCUT2D eigenvalue weighted by molar-refractivity contribution is 7.91. The first-order valence-corrected chi connectivity index (χ1v) is 9.78. The Labute approximate surface area is 153 Å². The summed E-state index contributed by atoms with van der Waals surface area (Å²) in [6, 6.07) is 4.53. The zero-order chi connectivity index (χ0) is 20.5. The van der Waals surface area contributed by atoms with Crippen LogP contribution in [0.5, 0.6) is 0 Å². The molecule has 0 saturated carbocycles. The highest BCUT2D eigenvalue weighted by atomic mass is 32.2. The molecule has 0 bridgehead atoms. The van der Waals surface area contributed by atoms with Crippen LogP contribution in [-0.2, 0) is 22.7 Å². The van der Waals surface area contributed by atoms with E-state index >= 15 is 0 Å². The number of nitrogens with zero attached hydrogens (tertiary/aromatic N) is 3. The number of sulfone groups is 1. The van der Waals surface area contributed by atoms with Gasteiger partial charge in [0, 0.05) is 9.16 Å². The maximum atomic E-state index is 13.4. The van der Waals surface area contributed by atoms with E-state index in [9.17, 15) is 18.0 Å². The van der Waals surface area contributed by atoms with Crippen molar-refractivity contribution < 1.29 is 25.4 Å². The fourth-order valence-electron chi connectivity index (χ4n) is 2.92. The predicted octanol–water partition coefficient (Wildman–Crippen LogP) is 2.31. The maximum absolute atomic E-state index is 13.4. The lowest BCUT2D eigenvalue weighted by Crippen LogP contribution is -2.25. The molecule has 2 aromatic rings. The van der Waals surface area contributed by atoms with Crippen LogP contribution in [0.25, 0.3) is 0 Å². The van der Waals surface area contributed by atoms with Gasteiger partial charge in [-0.15, -0.1) is 0 Å². The van der Waals surface area contributed by atoms with E-state index in [4.69, 9.17) is 7.37 Å². The molecule has 1 aliphatic heterocycles. The molecule has 7 nitrogen and oxygen atoms in total. The molecule has 1 aliphatic rings. The number of rotatable bonds is 5. The summed E-state index contributed by atoms with van der Waals surface area (Å²) in [5.41, 5.74) is -0.356. The summed E-state index contributed by atoms with van der Waals surface area (Å²) in [7, 11) is -3.77. The van der Waals surface area contributed by atoms with Crippen molar-refractivity contribution in [2.75, 3.05) is 11.5 Å². The molecule has 9 heteroatoms. The molecule has 26 heavy (non-hydrogen) atoms.